The molecule has 3 unspecified atom stereocenters. The van der Waals surface area contributed by atoms with Crippen molar-refractivity contribution in [3.63, 3.8) is 0 Å². The highest BCUT2D eigenvalue weighted by Crippen LogP contribution is 2.59. The number of pyridine rings is 2. The van der Waals surface area contributed by atoms with Gasteiger partial charge in [-0.1, -0.05) is 13.8 Å². The highest BCUT2D eigenvalue weighted by Gasteiger charge is 2.59. The number of nitrogens with one attached hydrogen (secondary N) is 2. The van der Waals surface area contributed by atoms with Gasteiger partial charge in [0.2, 0.25) is 11.8 Å². The van der Waals surface area contributed by atoms with E-state index in [1.54, 1.807) is 11.5 Å². The largest absolute Gasteiger partial charge is 0.460 e. The first-order valence-corrected chi connectivity index (χ1v) is 15.4. The molecule has 4 N–H and O–H groups in total. The van der Waals surface area contributed by atoms with Gasteiger partial charge in [0, 0.05) is 28.5 Å². The van der Waals surface area contributed by atoms with Gasteiger partial charge < -0.3 is 30.4 Å². The number of aryl methyl sites for hydroxylation is 1. The average molecular weight is 618 g/mol. The van der Waals surface area contributed by atoms with Crippen molar-refractivity contribution in [2.24, 2.45) is 11.7 Å². The Morgan fingerprint density at radius 3 is 2.73 bits per heavy atom. The number of nitrogens with two attached hydrogens (primary N) is 1. The first kappa shape index (κ1) is 29.5. The summed E-state index contributed by atoms with van der Waals surface area (Å²) in [5.41, 5.74) is 9.88. The summed E-state index contributed by atoms with van der Waals surface area (Å²) in [7, 11) is 0. The fourth-order valence-corrected chi connectivity index (χ4v) is 7.69. The zero-order valence-electron chi connectivity index (χ0n) is 25.8. The first-order chi connectivity index (χ1) is 21.4. The molecule has 1 aromatic carbocycles. The molecule has 3 atom stereocenters. The van der Waals surface area contributed by atoms with Gasteiger partial charge in [0.05, 0.1) is 41.0 Å². The molecule has 2 aromatic heterocycles. The monoisotopic (exact) mass is 617 g/mol. The van der Waals surface area contributed by atoms with Crippen molar-refractivity contribution in [2.45, 2.75) is 77.0 Å². The second-order valence-corrected chi connectivity index (χ2v) is 13.2. The number of carbonyl (C=O) groups is 3. The summed E-state index contributed by atoms with van der Waals surface area (Å²) in [5, 5.41) is 6.46. The number of nitrogens with zero attached hydrogens (tertiary/aromatic N) is 2. The molecular formula is C33H36FN5O6. The molecule has 2 amide bonds. The summed E-state index contributed by atoms with van der Waals surface area (Å²) in [5.74, 6) is -1.52. The minimum absolute atomic E-state index is 0.0846. The van der Waals surface area contributed by atoms with Crippen LogP contribution in [0.5, 0.6) is 0 Å². The Balaban J connectivity index is 1.32. The molecule has 0 bridgehead atoms. The number of benzene rings is 1. The van der Waals surface area contributed by atoms with Crippen LogP contribution in [0.3, 0.4) is 0 Å². The van der Waals surface area contributed by atoms with Crippen molar-refractivity contribution >= 4 is 28.7 Å². The lowest BCUT2D eigenvalue weighted by atomic mass is 9.70. The lowest BCUT2D eigenvalue weighted by Crippen LogP contribution is -2.46. The number of amides is 2. The third-order valence-corrected chi connectivity index (χ3v) is 10.7. The van der Waals surface area contributed by atoms with Crippen LogP contribution in [0.1, 0.15) is 67.0 Å². The van der Waals surface area contributed by atoms with Crippen LogP contribution in [0.15, 0.2) is 16.9 Å². The summed E-state index contributed by atoms with van der Waals surface area (Å²) in [4.78, 5) is 56.3. The van der Waals surface area contributed by atoms with Crippen LogP contribution >= 0.6 is 0 Å². The van der Waals surface area contributed by atoms with Gasteiger partial charge in [0.25, 0.3) is 5.56 Å². The molecule has 4 aliphatic rings. The van der Waals surface area contributed by atoms with Crippen LogP contribution < -0.4 is 21.9 Å². The lowest BCUT2D eigenvalue weighted by Gasteiger charge is -2.37. The molecule has 0 radical (unpaired) electrons. The number of fused-ring (bicyclic) bond motifs is 6. The van der Waals surface area contributed by atoms with Crippen LogP contribution in [0, 0.1) is 18.7 Å². The maximum atomic E-state index is 15.2. The number of halogens is 1. The van der Waals surface area contributed by atoms with Gasteiger partial charge in [0.1, 0.15) is 25.8 Å². The summed E-state index contributed by atoms with van der Waals surface area (Å²) in [6.45, 7) is 7.13. The molecular weight excluding hydrogens is 581 g/mol. The quantitative estimate of drug-likeness (QED) is 0.162. The first-order valence-electron chi connectivity index (χ1n) is 15.4. The topological polar surface area (TPSA) is 155 Å². The molecule has 0 saturated heterocycles. The van der Waals surface area contributed by atoms with E-state index in [-0.39, 0.29) is 74.2 Å². The lowest BCUT2D eigenvalue weighted by molar-refractivity contribution is -0.155. The maximum absolute atomic E-state index is 15.2. The van der Waals surface area contributed by atoms with E-state index in [2.05, 4.69) is 10.6 Å². The number of hydrogen-bond acceptors (Lipinski definition) is 8. The van der Waals surface area contributed by atoms with Gasteiger partial charge in [0.15, 0.2) is 0 Å². The van der Waals surface area contributed by atoms with E-state index in [9.17, 15) is 19.2 Å². The molecule has 1 fully saturated rings. The van der Waals surface area contributed by atoms with E-state index in [1.165, 1.54) is 6.07 Å². The highest BCUT2D eigenvalue weighted by atomic mass is 19.1. The number of rotatable bonds is 7. The second-order valence-electron chi connectivity index (χ2n) is 13.2. The van der Waals surface area contributed by atoms with Crippen molar-refractivity contribution in [3.8, 4) is 11.4 Å². The molecule has 2 aliphatic carbocycles. The van der Waals surface area contributed by atoms with E-state index in [4.69, 9.17) is 20.2 Å². The van der Waals surface area contributed by atoms with Crippen molar-refractivity contribution in [3.05, 3.63) is 61.7 Å². The summed E-state index contributed by atoms with van der Waals surface area (Å²) >= 11 is 0. The van der Waals surface area contributed by atoms with E-state index >= 15 is 4.39 Å². The van der Waals surface area contributed by atoms with Gasteiger partial charge in [-0.3, -0.25) is 19.2 Å². The minimum Gasteiger partial charge on any atom is -0.460 e. The minimum atomic E-state index is -1.01. The SMILES string of the molecule is Cc1c(F)cc2nc3c(c4c2c1CCC41CC1NC(=O)COCNC(=O)CN)Cn1c-3cc2c(c1=O)COC(=O)C2(C)C(C)C. The number of cyclic esters (lactones) is 1. The van der Waals surface area contributed by atoms with Crippen molar-refractivity contribution < 1.29 is 28.2 Å². The smallest absolute Gasteiger partial charge is 0.316 e. The molecule has 12 heteroatoms. The van der Waals surface area contributed by atoms with Gasteiger partial charge in [-0.25, -0.2) is 9.37 Å². The molecule has 4 heterocycles. The Kier molecular flexibility index (Phi) is 6.68. The zero-order valence-corrected chi connectivity index (χ0v) is 25.8. The van der Waals surface area contributed by atoms with Gasteiger partial charge in [-0.15, -0.1) is 0 Å². The molecule has 45 heavy (non-hydrogen) atoms. The molecule has 3 aromatic rings. The standard InChI is InChI=1S/C33H36FN5O6/c1-15(2)32(4)20-7-23-29-18(11-39(23)30(42)19(20)12-45-31(32)43)28-27-17(16(3)21(34)8-22(27)37-29)5-6-33(28)9-24(33)38-26(41)13-44-14-36-25(40)10-35/h7-8,15,24H,5-6,9-14,35H2,1-4H3,(H,36,40)(H,38,41). The fraction of sp³-hybridized carbons (Fsp3) is 0.485. The number of esters is 1. The number of aromatic nitrogens is 2. The van der Waals surface area contributed by atoms with Crippen LogP contribution in [0.4, 0.5) is 4.39 Å². The van der Waals surface area contributed by atoms with E-state index in [0.29, 0.717) is 52.9 Å². The average Bonchev–Trinajstić information content (AvgIpc) is 3.54. The number of hydrogen-bond donors (Lipinski definition) is 3. The van der Waals surface area contributed by atoms with Gasteiger partial charge in [-0.05, 0) is 67.3 Å². The Morgan fingerprint density at radius 1 is 1.22 bits per heavy atom. The summed E-state index contributed by atoms with van der Waals surface area (Å²) in [6, 6.07) is 3.18. The predicted octanol–water partition coefficient (Wildman–Crippen LogP) is 1.96. The van der Waals surface area contributed by atoms with Crippen molar-refractivity contribution in [1.29, 1.82) is 0 Å². The molecule has 11 nitrogen and oxygen atoms in total. The number of ether oxygens (including phenoxy) is 2. The molecule has 1 saturated carbocycles. The third kappa shape index (κ3) is 4.18. The molecule has 236 valence electrons. The van der Waals surface area contributed by atoms with Crippen LogP contribution in [-0.4, -0.2) is 53.3 Å². The Bertz CT molecular complexity index is 1900. The fourth-order valence-electron chi connectivity index (χ4n) is 7.69. The second kappa shape index (κ2) is 10.2. The highest BCUT2D eigenvalue weighted by molar-refractivity contribution is 5.95. The van der Waals surface area contributed by atoms with E-state index < -0.39 is 10.8 Å². The molecule has 7 rings (SSSR count). The van der Waals surface area contributed by atoms with Gasteiger partial charge >= 0.3 is 5.97 Å². The van der Waals surface area contributed by atoms with Gasteiger partial charge in [-0.2, -0.15) is 0 Å². The Labute approximate surface area is 258 Å². The zero-order chi connectivity index (χ0) is 32.0. The normalized spacial score (nSPS) is 23.9. The summed E-state index contributed by atoms with van der Waals surface area (Å²) in [6.07, 6.45) is 2.01. The number of carbonyl (C=O) groups excluding carboxylic acids is 3. The van der Waals surface area contributed by atoms with E-state index in [1.807, 2.05) is 26.8 Å². The predicted molar refractivity (Wildman–Crippen MR) is 162 cm³/mol. The Morgan fingerprint density at radius 2 is 2.00 bits per heavy atom. The van der Waals surface area contributed by atoms with Crippen LogP contribution in [-0.2, 0) is 54.3 Å². The summed E-state index contributed by atoms with van der Waals surface area (Å²) < 4.78 is 27.8. The van der Waals surface area contributed by atoms with Crippen molar-refractivity contribution in [1.82, 2.24) is 20.2 Å². The van der Waals surface area contributed by atoms with Crippen LogP contribution in [0.2, 0.25) is 0 Å². The van der Waals surface area contributed by atoms with Crippen molar-refractivity contribution in [2.75, 3.05) is 19.9 Å². The molecule has 2 aliphatic heterocycles. The van der Waals surface area contributed by atoms with E-state index in [0.717, 1.165) is 22.1 Å². The third-order valence-electron chi connectivity index (χ3n) is 10.7. The molecule has 1 spiro atoms. The Hall–Kier alpha value is -4.16. The maximum Gasteiger partial charge on any atom is 0.316 e. The van der Waals surface area contributed by atoms with Crippen LogP contribution in [0.25, 0.3) is 22.3 Å².